The van der Waals surface area contributed by atoms with Crippen LogP contribution in [0.15, 0.2) is 54.6 Å². The Balaban J connectivity index is 3.25. The summed E-state index contributed by atoms with van der Waals surface area (Å²) in [5, 5.41) is 11.6. The first kappa shape index (κ1) is 43.0. The second-order valence-corrected chi connectivity index (χ2v) is 26.5. The molecule has 5 atom stereocenters. The van der Waals surface area contributed by atoms with E-state index in [0.29, 0.717) is 26.1 Å². The van der Waals surface area contributed by atoms with E-state index in [9.17, 15) is 5.11 Å². The van der Waals surface area contributed by atoms with Crippen LogP contribution in [0.3, 0.4) is 0 Å². The van der Waals surface area contributed by atoms with Crippen molar-refractivity contribution in [2.45, 2.75) is 162 Å². The number of ether oxygens (including phenoxy) is 2. The van der Waals surface area contributed by atoms with E-state index in [1.54, 1.807) is 7.11 Å². The number of methoxy groups -OCH3 is 1. The van der Waals surface area contributed by atoms with Gasteiger partial charge in [0, 0.05) is 24.9 Å². The van der Waals surface area contributed by atoms with Crippen molar-refractivity contribution in [3.05, 3.63) is 60.2 Å². The van der Waals surface area contributed by atoms with E-state index in [0.717, 1.165) is 18.4 Å². The zero-order valence-corrected chi connectivity index (χ0v) is 34.5. The van der Waals surface area contributed by atoms with Gasteiger partial charge in [-0.25, -0.2) is 0 Å². The fraction of sp³-hybridized carbons (Fsp3) is 0.744. The van der Waals surface area contributed by atoms with Gasteiger partial charge < -0.3 is 23.4 Å². The van der Waals surface area contributed by atoms with E-state index in [-0.39, 0.29) is 39.7 Å². The first-order valence-corrected chi connectivity index (χ1v) is 23.3. The highest BCUT2D eigenvalue weighted by molar-refractivity contribution is 6.74. The molecule has 0 saturated heterocycles. The van der Waals surface area contributed by atoms with E-state index in [2.05, 4.69) is 113 Å². The Labute approximate surface area is 286 Å². The molecular formula is C39H72O5Si2. The summed E-state index contributed by atoms with van der Waals surface area (Å²) in [5.41, 5.74) is 1.81. The van der Waals surface area contributed by atoms with Crippen molar-refractivity contribution < 1.29 is 23.4 Å². The first-order chi connectivity index (χ1) is 21.0. The second kappa shape index (κ2) is 18.1. The molecule has 0 aliphatic heterocycles. The molecular weight excluding hydrogens is 605 g/mol. The molecule has 0 radical (unpaired) electrons. The minimum absolute atomic E-state index is 0.0501. The van der Waals surface area contributed by atoms with Gasteiger partial charge >= 0.3 is 0 Å². The maximum absolute atomic E-state index is 11.4. The van der Waals surface area contributed by atoms with Crippen LogP contribution in [0.25, 0.3) is 0 Å². The van der Waals surface area contributed by atoms with Gasteiger partial charge in [0.05, 0.1) is 37.6 Å². The van der Waals surface area contributed by atoms with Crippen LogP contribution < -0.4 is 0 Å². The van der Waals surface area contributed by atoms with Gasteiger partial charge in [0.25, 0.3) is 0 Å². The van der Waals surface area contributed by atoms with Gasteiger partial charge in [-0.05, 0) is 73.6 Å². The second-order valence-electron chi connectivity index (χ2n) is 17.0. The highest BCUT2D eigenvalue weighted by Gasteiger charge is 2.49. The summed E-state index contributed by atoms with van der Waals surface area (Å²) >= 11 is 0. The van der Waals surface area contributed by atoms with Crippen molar-refractivity contribution >= 4 is 16.6 Å². The highest BCUT2D eigenvalue weighted by atomic mass is 28.4. The molecule has 1 N–H and O–H groups in total. The largest absolute Gasteiger partial charge is 0.413 e. The zero-order valence-electron chi connectivity index (χ0n) is 32.5. The maximum atomic E-state index is 11.4. The van der Waals surface area contributed by atoms with Gasteiger partial charge in [-0.2, -0.15) is 0 Å². The third kappa shape index (κ3) is 13.1. The van der Waals surface area contributed by atoms with Gasteiger partial charge in [0.1, 0.15) is 0 Å². The van der Waals surface area contributed by atoms with E-state index >= 15 is 0 Å². The molecule has 0 bridgehead atoms. The van der Waals surface area contributed by atoms with Crippen molar-refractivity contribution in [2.24, 2.45) is 11.3 Å². The van der Waals surface area contributed by atoms with E-state index in [1.807, 2.05) is 31.2 Å². The first-order valence-electron chi connectivity index (χ1n) is 17.5. The van der Waals surface area contributed by atoms with Gasteiger partial charge in [0.2, 0.25) is 0 Å². The zero-order chi connectivity index (χ0) is 35.6. The van der Waals surface area contributed by atoms with Gasteiger partial charge in [0.15, 0.2) is 16.6 Å². The van der Waals surface area contributed by atoms with E-state index in [1.165, 1.54) is 5.56 Å². The summed E-state index contributed by atoms with van der Waals surface area (Å²) in [7, 11) is -2.48. The van der Waals surface area contributed by atoms with Gasteiger partial charge in [-0.3, -0.25) is 0 Å². The molecule has 1 aromatic carbocycles. The molecule has 0 aromatic heterocycles. The molecule has 0 unspecified atom stereocenters. The van der Waals surface area contributed by atoms with E-state index in [4.69, 9.17) is 18.3 Å². The molecule has 1 rings (SSSR count). The van der Waals surface area contributed by atoms with Crippen LogP contribution in [-0.4, -0.2) is 59.9 Å². The number of aliphatic hydroxyl groups excluding tert-OH is 1. The highest BCUT2D eigenvalue weighted by Crippen LogP contribution is 2.46. The Bertz CT molecular complexity index is 1050. The smallest absolute Gasteiger partial charge is 0.192 e. The Morgan fingerprint density at radius 3 is 1.85 bits per heavy atom. The monoisotopic (exact) mass is 676 g/mol. The number of hydrogen-bond donors (Lipinski definition) is 1. The van der Waals surface area contributed by atoms with Crippen LogP contribution >= 0.6 is 0 Å². The number of hydrogen-bond acceptors (Lipinski definition) is 5. The molecule has 0 aliphatic carbocycles. The minimum Gasteiger partial charge on any atom is -0.413 e. The Hall–Kier alpha value is -1.07. The van der Waals surface area contributed by atoms with Crippen molar-refractivity contribution in [2.75, 3.05) is 13.7 Å². The molecule has 1 aromatic rings. The molecule has 0 saturated carbocycles. The van der Waals surface area contributed by atoms with E-state index < -0.39 is 22.7 Å². The fourth-order valence-corrected chi connectivity index (χ4v) is 7.99. The predicted molar refractivity (Wildman–Crippen MR) is 202 cm³/mol. The molecule has 7 heteroatoms. The number of benzene rings is 1. The van der Waals surface area contributed by atoms with Crippen molar-refractivity contribution in [3.63, 3.8) is 0 Å². The lowest BCUT2D eigenvalue weighted by Crippen LogP contribution is -2.55. The van der Waals surface area contributed by atoms with Gasteiger partial charge in [-0.15, -0.1) is 6.58 Å². The number of rotatable bonds is 20. The summed E-state index contributed by atoms with van der Waals surface area (Å²) < 4.78 is 26.6. The quantitative estimate of drug-likeness (QED) is 0.110. The third-order valence-corrected chi connectivity index (χ3v) is 19.8. The lowest BCUT2D eigenvalue weighted by atomic mass is 9.77. The Kier molecular flexibility index (Phi) is 16.9. The molecule has 0 aliphatic rings. The van der Waals surface area contributed by atoms with Crippen LogP contribution in [0, 0.1) is 11.3 Å². The summed E-state index contributed by atoms with van der Waals surface area (Å²) in [6, 6.07) is 10.3. The normalized spacial score (nSPS) is 17.3. The Morgan fingerprint density at radius 1 is 0.870 bits per heavy atom. The lowest BCUT2D eigenvalue weighted by Gasteiger charge is -2.50. The van der Waals surface area contributed by atoms with Crippen molar-refractivity contribution in [1.82, 2.24) is 0 Å². The predicted octanol–water partition coefficient (Wildman–Crippen LogP) is 10.7. The molecule has 266 valence electrons. The third-order valence-electron chi connectivity index (χ3n) is 10.8. The molecule has 0 spiro atoms. The summed E-state index contributed by atoms with van der Waals surface area (Å²) in [4.78, 5) is 0. The number of aliphatic hydroxyl groups is 1. The van der Waals surface area contributed by atoms with Gasteiger partial charge in [-0.1, -0.05) is 105 Å². The van der Waals surface area contributed by atoms with Crippen LogP contribution in [0.1, 0.15) is 100 Å². The van der Waals surface area contributed by atoms with Crippen molar-refractivity contribution in [3.8, 4) is 0 Å². The lowest BCUT2D eigenvalue weighted by molar-refractivity contribution is -0.0628. The fourth-order valence-electron chi connectivity index (χ4n) is 5.06. The van der Waals surface area contributed by atoms with Crippen LogP contribution in [-0.2, 0) is 24.9 Å². The molecule has 5 nitrogen and oxygen atoms in total. The van der Waals surface area contributed by atoms with Crippen molar-refractivity contribution in [1.29, 1.82) is 0 Å². The average molecular weight is 677 g/mol. The topological polar surface area (TPSA) is 57.2 Å². The standard InChI is InChI=1S/C39H72O5Si2/c1-17-22-35(43-45(13,14)37(4,5)6)39(10,11)36(44-46(15,16)38(7,8)9)27-33(41-12)26-34(40)30(3)25-31(18-2)28-42-29-32-23-20-19-21-24-32/h17,19-21,23-25,31,33-36,40H,1,18,22,26-29H2,2-16H3/b30-25+/t31-,33-,34+,35+,36+/m1/s1. The average Bonchev–Trinajstić information content (AvgIpc) is 2.94. The Morgan fingerprint density at radius 2 is 1.39 bits per heavy atom. The van der Waals surface area contributed by atoms with Crippen LogP contribution in [0.2, 0.25) is 36.3 Å². The molecule has 0 heterocycles. The van der Waals surface area contributed by atoms with Crippen LogP contribution in [0.5, 0.6) is 0 Å². The molecule has 46 heavy (non-hydrogen) atoms. The molecule has 0 amide bonds. The molecule has 0 fully saturated rings. The van der Waals surface area contributed by atoms with Crippen LogP contribution in [0.4, 0.5) is 0 Å². The summed E-state index contributed by atoms with van der Waals surface area (Å²) in [5.74, 6) is 0.236. The summed E-state index contributed by atoms with van der Waals surface area (Å²) in [6.45, 7) is 37.1. The maximum Gasteiger partial charge on any atom is 0.192 e. The minimum atomic E-state index is -2.16. The summed E-state index contributed by atoms with van der Waals surface area (Å²) in [6.07, 6.45) is 6.08. The SMILES string of the molecule is C=CC[C@H](O[Si](C)(C)C(C)(C)C)C(C)(C)[C@H](C[C@@H](C[C@H](O)/C(C)=C/[C@@H](CC)COCc1ccccc1)OC)O[Si](C)(C)C(C)(C)C.